The quantitative estimate of drug-likeness (QED) is 0.0226. The Hall–Kier alpha value is -7.37. The summed E-state index contributed by atoms with van der Waals surface area (Å²) in [5.74, 6) is -2.04. The van der Waals surface area contributed by atoms with Crippen molar-refractivity contribution in [3.8, 4) is 10.4 Å². The van der Waals surface area contributed by atoms with Crippen molar-refractivity contribution in [2.75, 3.05) is 74.9 Å². The number of piperazine rings is 2. The predicted octanol–water partition coefficient (Wildman–Crippen LogP) is 12.9. The maximum absolute atomic E-state index is 14.7. The van der Waals surface area contributed by atoms with Crippen LogP contribution in [0.1, 0.15) is 152 Å². The smallest absolute Gasteiger partial charge is 0.391 e. The van der Waals surface area contributed by atoms with E-state index in [0.29, 0.717) is 69.5 Å². The van der Waals surface area contributed by atoms with Gasteiger partial charge in [-0.2, -0.15) is 13.2 Å². The number of thioether (sulfide) groups is 1. The number of unbranched alkanes of at least 4 members (excludes halogenated alkanes) is 2. The number of aliphatic hydroxyl groups excluding tert-OH is 1. The van der Waals surface area contributed by atoms with Crippen LogP contribution in [0.25, 0.3) is 16.0 Å². The van der Waals surface area contributed by atoms with E-state index in [2.05, 4.69) is 61.6 Å². The Bertz CT molecular complexity index is 4410. The van der Waals surface area contributed by atoms with Crippen molar-refractivity contribution in [1.29, 1.82) is 0 Å². The third-order valence-corrected chi connectivity index (χ3v) is 26.6. The van der Waals surface area contributed by atoms with Gasteiger partial charge in [0.15, 0.2) is 0 Å². The third-order valence-electron chi connectivity index (χ3n) is 21.4. The third kappa shape index (κ3) is 20.2. The molecule has 11 rings (SSSR count). The topological polar surface area (TPSA) is 251 Å². The molecule has 5 aromatic carbocycles. The van der Waals surface area contributed by atoms with Gasteiger partial charge in [0.25, 0.3) is 25.8 Å². The number of β-amino-alcohol motifs (C(OH)–C–C–N with tert-alkyl or cyclic N) is 1. The van der Waals surface area contributed by atoms with E-state index in [9.17, 15) is 59.1 Å². The number of nitrogens with zero attached hydrogens (tertiary/aromatic N) is 6. The first-order valence-corrected chi connectivity index (χ1v) is 42.0. The average Bonchev–Trinajstić information content (AvgIpc) is 1.10. The molecule has 0 saturated carbocycles. The molecule has 1 aliphatic carbocycles. The lowest BCUT2D eigenvalue weighted by atomic mass is 9.73. The van der Waals surface area contributed by atoms with E-state index in [4.69, 9.17) is 11.6 Å². The van der Waals surface area contributed by atoms with Gasteiger partial charge in [0.05, 0.1) is 38.8 Å². The fraction of sp³-hybridized carbons (Fsp3) is 0.494. The van der Waals surface area contributed by atoms with Crippen LogP contribution in [0.15, 0.2) is 147 Å². The molecular weight excluding hydrogens is 1470 g/mol. The number of aromatic nitrogens is 1. The Morgan fingerprint density at radius 3 is 2.11 bits per heavy atom. The summed E-state index contributed by atoms with van der Waals surface area (Å²) >= 11 is 9.19. The van der Waals surface area contributed by atoms with E-state index in [1.807, 2.05) is 111 Å². The van der Waals surface area contributed by atoms with Crippen molar-refractivity contribution in [3.63, 3.8) is 0 Å². The number of thiazole rings is 1. The number of carbonyl (C=O) groups is 5. The summed E-state index contributed by atoms with van der Waals surface area (Å²) in [7, 11) is -11.1. The van der Waals surface area contributed by atoms with Gasteiger partial charge in [-0.25, -0.2) is 26.5 Å². The predicted molar refractivity (Wildman–Crippen MR) is 414 cm³/mol. The minimum absolute atomic E-state index is 0.0269. The number of aliphatic hydroxyl groups is 1. The number of benzene rings is 5. The Kier molecular flexibility index (Phi) is 25.8. The fourth-order valence-electron chi connectivity index (χ4n) is 15.3. The molecule has 28 heteroatoms. The average molecular weight is 1570 g/mol. The highest BCUT2D eigenvalue weighted by molar-refractivity contribution is 7.99. The number of nitrogens with one attached hydrogen (secondary N) is 4. The van der Waals surface area contributed by atoms with Crippen LogP contribution in [0.2, 0.25) is 5.02 Å². The molecule has 576 valence electrons. The lowest BCUT2D eigenvalue weighted by Gasteiger charge is -2.41. The molecule has 5 aliphatic rings. The molecule has 107 heavy (non-hydrogen) atoms. The SMILES string of the molecule is Cc1ncsc1-c1ccc([C@H](C)NC(=O)[C@@H]2C[C@@H](O)CN2C(=O)[C@@H](NC(=O)CCCCCC(=O)N2CC3CCC(C2)N3CC[C@H](CSc2ccccc2)Nc2ccc(S(=O)(=O)NC(=O)c3ccc(N4CCN(CC5=C(c6ccc(Cl)cc6)CCC(C)(C)C5)CC4)cc3)cc2S(=O)(=O)C(F)(F)F)C(C)(C)C)cc1. The summed E-state index contributed by atoms with van der Waals surface area (Å²) < 4.78 is 101. The molecule has 4 aliphatic heterocycles. The van der Waals surface area contributed by atoms with Gasteiger partial charge >= 0.3 is 5.51 Å². The molecule has 4 saturated heterocycles. The van der Waals surface area contributed by atoms with E-state index in [1.54, 1.807) is 29.0 Å². The maximum atomic E-state index is 14.7. The van der Waals surface area contributed by atoms with Crippen molar-refractivity contribution in [2.45, 2.75) is 188 Å². The Balaban J connectivity index is 0.661. The number of carbonyl (C=O) groups excluding carboxylic acids is 5. The van der Waals surface area contributed by atoms with Crippen LogP contribution < -0.4 is 25.6 Å². The fourth-order valence-corrected chi connectivity index (χ4v) is 19.3. The second-order valence-electron chi connectivity index (χ2n) is 30.9. The lowest BCUT2D eigenvalue weighted by Crippen LogP contribution is -2.57. The van der Waals surface area contributed by atoms with Gasteiger partial charge in [0.2, 0.25) is 23.6 Å². The zero-order chi connectivity index (χ0) is 76.8. The summed E-state index contributed by atoms with van der Waals surface area (Å²) in [4.78, 5) is 83.5. The highest BCUT2D eigenvalue weighted by Crippen LogP contribution is 2.44. The number of aryl methyl sites for hydroxylation is 1. The molecule has 5 amide bonds. The van der Waals surface area contributed by atoms with Gasteiger partial charge < -0.3 is 35.8 Å². The van der Waals surface area contributed by atoms with Crippen LogP contribution in [-0.4, -0.2) is 183 Å². The van der Waals surface area contributed by atoms with Gasteiger partial charge in [0, 0.05) is 123 Å². The van der Waals surface area contributed by atoms with Crippen molar-refractivity contribution in [2.24, 2.45) is 10.8 Å². The van der Waals surface area contributed by atoms with Crippen molar-refractivity contribution in [3.05, 3.63) is 160 Å². The minimum Gasteiger partial charge on any atom is -0.391 e. The number of hydrogen-bond acceptors (Lipinski definition) is 17. The molecule has 20 nitrogen and oxygen atoms in total. The molecule has 0 radical (unpaired) electrons. The van der Waals surface area contributed by atoms with Crippen molar-refractivity contribution < 1.29 is 59.1 Å². The van der Waals surface area contributed by atoms with Crippen LogP contribution in [0.3, 0.4) is 0 Å². The molecule has 4 fully saturated rings. The highest BCUT2D eigenvalue weighted by Gasteiger charge is 2.50. The number of sulfone groups is 1. The lowest BCUT2D eigenvalue weighted by molar-refractivity contribution is -0.144. The van der Waals surface area contributed by atoms with Gasteiger partial charge in [-0.1, -0.05) is 113 Å². The molecule has 1 aromatic heterocycles. The van der Waals surface area contributed by atoms with Gasteiger partial charge in [-0.15, -0.1) is 23.1 Å². The van der Waals surface area contributed by atoms with Crippen molar-refractivity contribution >= 4 is 101 Å². The number of rotatable bonds is 28. The molecule has 5 heterocycles. The number of allylic oxidation sites excluding steroid dienone is 1. The standard InChI is InChI=1S/C79H98ClF3N10O10S4/c1-51(53-18-20-55(21-19-53)72-52(2)84-50-105-72)85-75(98)68-42-63(94)48-93(68)76(99)73(77(3,4)5)87-70(95)16-12-9-13-17-71(96)91-46-61-30-31-62(47-91)92(61)37-35-59(49-104-64-14-10-8-11-15-64)86-67-33-32-65(43-69(67)106(100,101)79(81,82)83)107(102,103)88-74(97)56-24-28-60(29-25-56)90-40-38-89(39-41-90)45-57-44-78(6,7)36-34-66(57)54-22-26-58(80)27-23-54/h8,10-11,14-15,18-29,32-33,43,50-51,59,61-63,68,73,86,94H,9,12-13,16-17,30-31,34-42,44-49H2,1-7H3,(H,85,98)(H,87,95)(H,88,97)/t51-,59+,61?,62?,63+,68-,73+/m0/s1. The molecule has 2 unspecified atom stereocenters. The van der Waals surface area contributed by atoms with Gasteiger partial charge in [0.1, 0.15) is 17.0 Å². The maximum Gasteiger partial charge on any atom is 0.501 e. The summed E-state index contributed by atoms with van der Waals surface area (Å²) in [6.07, 6.45) is 5.98. The largest absolute Gasteiger partial charge is 0.501 e. The minimum atomic E-state index is -6.19. The number of hydrogen-bond donors (Lipinski definition) is 5. The zero-order valence-corrected chi connectivity index (χ0v) is 65.7. The summed E-state index contributed by atoms with van der Waals surface area (Å²) in [6, 6.07) is 30.9. The number of likely N-dealkylation sites (tertiary alicyclic amines) is 2. The van der Waals surface area contributed by atoms with E-state index < -0.39 is 94.3 Å². The van der Waals surface area contributed by atoms with Crippen LogP contribution in [0, 0.1) is 17.8 Å². The molecule has 5 N–H and O–H groups in total. The summed E-state index contributed by atoms with van der Waals surface area (Å²) in [6.45, 7) is 19.0. The van der Waals surface area contributed by atoms with E-state index in [0.717, 1.165) is 96.2 Å². The molecular formula is C79H98ClF3N10O10S4. The Morgan fingerprint density at radius 1 is 0.804 bits per heavy atom. The number of halogens is 4. The van der Waals surface area contributed by atoms with Crippen LogP contribution in [0.5, 0.6) is 0 Å². The second kappa shape index (κ2) is 34.3. The first kappa shape index (κ1) is 80.6. The normalized spacial score (nSPS) is 20.4. The van der Waals surface area contributed by atoms with E-state index in [1.165, 1.54) is 45.5 Å². The summed E-state index contributed by atoms with van der Waals surface area (Å²) in [5.41, 5.74) is 2.53. The van der Waals surface area contributed by atoms with Crippen LogP contribution >= 0.6 is 34.7 Å². The second-order valence-corrected chi connectivity index (χ2v) is 36.9. The summed E-state index contributed by atoms with van der Waals surface area (Å²) in [5, 5.41) is 20.5. The molecule has 2 bridgehead atoms. The van der Waals surface area contributed by atoms with Gasteiger partial charge in [-0.05, 0) is 165 Å². The van der Waals surface area contributed by atoms with Crippen molar-refractivity contribution in [1.82, 2.24) is 39.9 Å². The highest BCUT2D eigenvalue weighted by atomic mass is 35.5. The first-order valence-electron chi connectivity index (χ1n) is 36.8. The number of anilines is 2. The Labute approximate surface area is 640 Å². The number of alkyl halides is 3. The zero-order valence-electron chi connectivity index (χ0n) is 61.7. The first-order chi connectivity index (χ1) is 50.7. The van der Waals surface area contributed by atoms with Gasteiger partial charge in [-0.3, -0.25) is 33.8 Å². The van der Waals surface area contributed by atoms with E-state index in [-0.39, 0.29) is 66.4 Å². The number of fused-ring (bicyclic) bond motifs is 2. The molecule has 0 spiro atoms. The Morgan fingerprint density at radius 2 is 1.47 bits per heavy atom. The van der Waals surface area contributed by atoms with Crippen LogP contribution in [-0.2, 0) is 39.0 Å². The number of amides is 5. The van der Waals surface area contributed by atoms with Crippen LogP contribution in [0.4, 0.5) is 24.5 Å². The number of sulfonamides is 1. The molecule has 7 atom stereocenters. The van der Waals surface area contributed by atoms with E-state index >= 15 is 0 Å². The molecule has 6 aromatic rings. The monoisotopic (exact) mass is 1570 g/mol.